The Kier molecular flexibility index (Phi) is 33.6. The molecule has 6 aromatic rings. The Morgan fingerprint density at radius 2 is 0.879 bits per heavy atom. The van der Waals surface area contributed by atoms with E-state index < -0.39 is 150 Å². The molecule has 1 saturated heterocycles. The number of aliphatic carboxylic acids is 1. The first kappa shape index (κ1) is 84.5. The van der Waals surface area contributed by atoms with E-state index in [4.69, 9.17) is 11.5 Å². The van der Waals surface area contributed by atoms with Crippen molar-refractivity contribution < 1.29 is 73.2 Å². The Morgan fingerprint density at radius 3 is 1.36 bits per heavy atom. The van der Waals surface area contributed by atoms with Gasteiger partial charge in [-0.2, -0.15) is 0 Å². The number of rotatable bonds is 21. The van der Waals surface area contributed by atoms with Crippen LogP contribution >= 0.6 is 21.6 Å². The van der Waals surface area contributed by atoms with E-state index in [2.05, 4.69) is 53.2 Å². The van der Waals surface area contributed by atoms with Crippen molar-refractivity contribution in [2.75, 3.05) is 31.7 Å². The molecule has 1 aliphatic heterocycles. The van der Waals surface area contributed by atoms with Gasteiger partial charge in [0.05, 0.1) is 24.9 Å². The molecule has 0 bridgehead atoms. The quantitative estimate of drug-likeness (QED) is 0.0349. The number of aliphatic hydroxyl groups excluding tert-OH is 3. The fraction of sp³-hybridized carbons (Fsp3) is 0.416. The summed E-state index contributed by atoms with van der Waals surface area (Å²) in [4.78, 5) is 161. The van der Waals surface area contributed by atoms with Gasteiger partial charge in [-0.05, 0) is 83.8 Å². The molecule has 574 valence electrons. The highest BCUT2D eigenvalue weighted by Crippen LogP contribution is 2.24. The molecule has 13 atom stereocenters. The number of hydrogen-bond acceptors (Lipinski definition) is 19. The first-order valence-electron chi connectivity index (χ1n) is 35.5. The summed E-state index contributed by atoms with van der Waals surface area (Å²) < 4.78 is 0. The largest absolute Gasteiger partial charge is 0.480 e. The number of carbonyl (C=O) groups is 11. The van der Waals surface area contributed by atoms with Crippen molar-refractivity contribution in [3.63, 3.8) is 0 Å². The van der Waals surface area contributed by atoms with Gasteiger partial charge in [-0.1, -0.05) is 193 Å². The van der Waals surface area contributed by atoms with E-state index in [0.29, 0.717) is 47.2 Å². The topological polar surface area (TPSA) is 444 Å². The third kappa shape index (κ3) is 26.6. The molecule has 0 saturated carbocycles. The first-order valence-corrected chi connectivity index (χ1v) is 38.0. The number of hydrogen-bond donors (Lipinski definition) is 16. The van der Waals surface area contributed by atoms with Crippen molar-refractivity contribution in [2.45, 2.75) is 170 Å². The minimum Gasteiger partial charge on any atom is -0.480 e. The monoisotopic (exact) mass is 1510 g/mol. The molecule has 0 spiro atoms. The van der Waals surface area contributed by atoms with Crippen LogP contribution in [-0.4, -0.2) is 207 Å². The number of carbonyl (C=O) groups excluding carboxylic acids is 10. The molecule has 0 unspecified atom stereocenters. The SMILES string of the molecule is CC(C)NCc1ccc(C[C@@H]2NC(=O)[C@@H](Cc3ccc4ccccc4c3)NC(=O)[C@H](Cc3ccccc3)NC(=O)[C@H](Cc3ccccc3)NC(=O)[C@H](CCCCN)NC(=O)[C@@H](N)CSSC[C@@H](C(=O)O)NC(=O)[C@H](CO)NC(=O)[C@H]([C@@H](C)O)N(C)C(=O)[C@H](Cc3ccccc3)NC(=O)[C@@H]([C@@H](C)O)NC2=O)cc1. The summed E-state index contributed by atoms with van der Waals surface area (Å²) in [5.41, 5.74) is 15.9. The van der Waals surface area contributed by atoms with Crippen molar-refractivity contribution in [3.05, 3.63) is 191 Å². The van der Waals surface area contributed by atoms with E-state index in [-0.39, 0.29) is 62.6 Å². The predicted octanol–water partition coefficient (Wildman–Crippen LogP) is 0.731. The number of nitrogens with zero attached hydrogens (tertiary/aromatic N) is 1. The summed E-state index contributed by atoms with van der Waals surface area (Å²) in [6.45, 7) is 5.97. The Morgan fingerprint density at radius 1 is 0.467 bits per heavy atom. The Labute approximate surface area is 630 Å². The minimum absolute atomic E-state index is 0.0309. The fourth-order valence-electron chi connectivity index (χ4n) is 11.9. The van der Waals surface area contributed by atoms with Crippen molar-refractivity contribution in [1.29, 1.82) is 0 Å². The average molecular weight is 1510 g/mol. The first-order chi connectivity index (χ1) is 51.2. The second kappa shape index (κ2) is 42.5. The van der Waals surface area contributed by atoms with Crippen molar-refractivity contribution in [3.8, 4) is 0 Å². The van der Waals surface area contributed by atoms with Crippen LogP contribution in [0.25, 0.3) is 10.8 Å². The van der Waals surface area contributed by atoms with Gasteiger partial charge in [0.25, 0.3) is 0 Å². The molecule has 6 aromatic carbocycles. The molecule has 0 aromatic heterocycles. The van der Waals surface area contributed by atoms with Crippen LogP contribution in [0.5, 0.6) is 0 Å². The molecule has 30 heteroatoms. The zero-order valence-electron chi connectivity index (χ0n) is 60.5. The van der Waals surface area contributed by atoms with Gasteiger partial charge in [-0.25, -0.2) is 4.79 Å². The fourth-order valence-corrected chi connectivity index (χ4v) is 14.2. The van der Waals surface area contributed by atoms with Gasteiger partial charge >= 0.3 is 5.97 Å². The van der Waals surface area contributed by atoms with E-state index in [0.717, 1.165) is 56.8 Å². The molecular weight excluding hydrogens is 1410 g/mol. The molecule has 0 aliphatic carbocycles. The zero-order chi connectivity index (χ0) is 77.7. The zero-order valence-corrected chi connectivity index (χ0v) is 62.1. The van der Waals surface area contributed by atoms with Gasteiger partial charge in [-0.15, -0.1) is 0 Å². The molecule has 1 aliphatic rings. The average Bonchev–Trinajstić information content (AvgIpc) is 0.827. The molecule has 7 rings (SSSR count). The van der Waals surface area contributed by atoms with Gasteiger partial charge < -0.3 is 90.0 Å². The van der Waals surface area contributed by atoms with Gasteiger partial charge in [0.15, 0.2) is 0 Å². The van der Waals surface area contributed by atoms with Gasteiger partial charge in [0, 0.05) is 63.2 Å². The summed E-state index contributed by atoms with van der Waals surface area (Å²) in [5.74, 6) is -11.8. The van der Waals surface area contributed by atoms with E-state index >= 15 is 19.2 Å². The van der Waals surface area contributed by atoms with E-state index in [1.165, 1.54) is 6.92 Å². The maximum atomic E-state index is 15.6. The van der Waals surface area contributed by atoms with Crippen LogP contribution in [-0.2, 0) is 91.4 Å². The Balaban J connectivity index is 1.33. The van der Waals surface area contributed by atoms with Gasteiger partial charge in [-0.3, -0.25) is 47.9 Å². The molecule has 107 heavy (non-hydrogen) atoms. The summed E-state index contributed by atoms with van der Waals surface area (Å²) in [6.07, 6.45) is -3.63. The summed E-state index contributed by atoms with van der Waals surface area (Å²) >= 11 is 0. The number of aliphatic hydroxyl groups is 3. The minimum atomic E-state index is -1.88. The lowest BCUT2D eigenvalue weighted by Gasteiger charge is -2.34. The summed E-state index contributed by atoms with van der Waals surface area (Å²) in [6, 6.07) is 28.3. The summed E-state index contributed by atoms with van der Waals surface area (Å²) in [7, 11) is 2.97. The number of nitrogens with two attached hydrogens (primary N) is 2. The highest BCUT2D eigenvalue weighted by atomic mass is 33.1. The third-order valence-electron chi connectivity index (χ3n) is 17.9. The van der Waals surface area contributed by atoms with Gasteiger partial charge in [0.1, 0.15) is 60.4 Å². The highest BCUT2D eigenvalue weighted by Gasteiger charge is 2.41. The van der Waals surface area contributed by atoms with Gasteiger partial charge in [0.2, 0.25) is 59.1 Å². The second-order valence-electron chi connectivity index (χ2n) is 26.8. The van der Waals surface area contributed by atoms with E-state index in [9.17, 15) is 54.0 Å². The smallest absolute Gasteiger partial charge is 0.327 e. The summed E-state index contributed by atoms with van der Waals surface area (Å²) in [5, 5.41) is 72.3. The number of likely N-dealkylation sites (N-methyl/N-ethyl adjacent to an activating group) is 1. The number of fused-ring (bicyclic) bond motifs is 1. The van der Waals surface area contributed by atoms with Crippen LogP contribution in [0.2, 0.25) is 0 Å². The highest BCUT2D eigenvalue weighted by molar-refractivity contribution is 8.76. The third-order valence-corrected chi connectivity index (χ3v) is 20.3. The van der Waals surface area contributed by atoms with Crippen molar-refractivity contribution in [2.24, 2.45) is 11.5 Å². The van der Waals surface area contributed by atoms with Crippen LogP contribution in [0.3, 0.4) is 0 Å². The van der Waals surface area contributed by atoms with Crippen molar-refractivity contribution >= 4 is 97.4 Å². The molecular formula is C77H99N13O15S2. The Bertz CT molecular complexity index is 3960. The molecule has 28 nitrogen and oxygen atoms in total. The Hall–Kier alpha value is -9.79. The molecule has 1 fully saturated rings. The maximum absolute atomic E-state index is 15.6. The maximum Gasteiger partial charge on any atom is 0.327 e. The normalized spacial score (nSPS) is 23.6. The number of nitrogens with one attached hydrogen (secondary N) is 10. The van der Waals surface area contributed by atoms with Crippen LogP contribution in [0.15, 0.2) is 158 Å². The standard InChI is InChI=1S/C77H99N13O15S2/c1-45(2)80-41-52-30-28-51(29-31-52)38-60-72(99)89-65(46(3)92)74(101)86-62(39-50-23-13-8-14-24-50)76(103)90(5)66(47(4)93)75(102)87-63(42-91)73(100)88-64(77(104)105)44-107-106-43-56(79)67(94)81-57(27-17-18-34-78)68(95)82-58(36-48-19-9-6-10-20-48)69(96)83-59(37-49-21-11-7-12-22-49)70(97)85-61(71(98)84-60)40-53-32-33-54-25-15-16-26-55(54)35-53/h6-16,19-26,28-33,35,45-47,56-66,80,91-93H,17-18,27,34,36-44,78-79H2,1-5H3,(H,81,94)(H,82,95)(H,83,96)(H,84,98)(H,85,97)(H,86,101)(H,87,102)(H,88,100)(H,89,99)(H,104,105)/t46-,47-,56+,57+,58+,59+,60+,61-,62+,63+,64+,65-,66+/m1/s1. The predicted molar refractivity (Wildman–Crippen MR) is 408 cm³/mol. The molecule has 0 radical (unpaired) electrons. The van der Waals surface area contributed by atoms with Crippen LogP contribution in [0, 0.1) is 0 Å². The lowest BCUT2D eigenvalue weighted by atomic mass is 9.98. The molecule has 1 heterocycles. The lowest BCUT2D eigenvalue weighted by molar-refractivity contribution is -0.147. The van der Waals surface area contributed by atoms with Crippen LogP contribution in [0.4, 0.5) is 0 Å². The number of carboxylic acids is 1. The number of benzene rings is 6. The van der Waals surface area contributed by atoms with E-state index in [1.807, 2.05) is 62.4 Å². The van der Waals surface area contributed by atoms with Crippen LogP contribution in [0.1, 0.15) is 80.3 Å². The van der Waals surface area contributed by atoms with Crippen LogP contribution < -0.4 is 64.6 Å². The van der Waals surface area contributed by atoms with E-state index in [1.54, 1.807) is 109 Å². The number of amides is 10. The van der Waals surface area contributed by atoms with Crippen molar-refractivity contribution in [1.82, 2.24) is 58.1 Å². The lowest BCUT2D eigenvalue weighted by Crippen LogP contribution is -2.63. The number of carboxylic acid groups (broad SMARTS) is 1. The molecule has 18 N–H and O–H groups in total. The molecule has 10 amide bonds. The second-order valence-corrected chi connectivity index (χ2v) is 29.4. The number of unbranched alkanes of at least 4 members (excludes halogenated alkanes) is 1.